The first-order chi connectivity index (χ1) is 12.3. The number of hydrogen-bond donors (Lipinski definition) is 1. The van der Waals surface area contributed by atoms with Crippen molar-refractivity contribution in [1.82, 2.24) is 9.97 Å². The van der Waals surface area contributed by atoms with E-state index in [0.29, 0.717) is 11.3 Å². The van der Waals surface area contributed by atoms with Crippen molar-refractivity contribution in [3.63, 3.8) is 0 Å². The van der Waals surface area contributed by atoms with E-state index in [2.05, 4.69) is 14.7 Å². The molecule has 1 aromatic heterocycles. The molecular formula is C18H17N3O3S2. The molecule has 0 bridgehead atoms. The van der Waals surface area contributed by atoms with E-state index in [0.717, 1.165) is 22.2 Å². The minimum absolute atomic E-state index is 0.0522. The largest absolute Gasteiger partial charge is 0.293 e. The van der Waals surface area contributed by atoms with Gasteiger partial charge in [-0.2, -0.15) is 0 Å². The van der Waals surface area contributed by atoms with Crippen LogP contribution in [0.5, 0.6) is 0 Å². The number of nitrogens with one attached hydrogen (secondary N) is 1. The van der Waals surface area contributed by atoms with E-state index >= 15 is 0 Å². The van der Waals surface area contributed by atoms with Crippen molar-refractivity contribution in [3.8, 4) is 0 Å². The smallest absolute Gasteiger partial charge is 0.229 e. The molecule has 0 saturated carbocycles. The number of ketones is 1. The number of rotatable bonds is 6. The van der Waals surface area contributed by atoms with Gasteiger partial charge in [0.2, 0.25) is 10.0 Å². The Balaban J connectivity index is 1.77. The van der Waals surface area contributed by atoms with Gasteiger partial charge in [0, 0.05) is 16.6 Å². The number of anilines is 1. The standard InChI is InChI=1S/C18H17N3O3S2/c1-12(25-18-15-5-3-4-6-16(15)19-11-20-18)17(22)13-7-9-14(10-8-13)21-26(2,23)24/h3-12,21H,1-2H3. The van der Waals surface area contributed by atoms with Crippen LogP contribution >= 0.6 is 11.8 Å². The Bertz CT molecular complexity index is 1050. The van der Waals surface area contributed by atoms with E-state index in [1.807, 2.05) is 31.2 Å². The molecule has 1 unspecified atom stereocenters. The maximum absolute atomic E-state index is 12.7. The summed E-state index contributed by atoms with van der Waals surface area (Å²) in [6.45, 7) is 1.83. The van der Waals surface area contributed by atoms with Crippen molar-refractivity contribution >= 4 is 44.2 Å². The molecule has 0 aliphatic heterocycles. The first kappa shape index (κ1) is 18.3. The highest BCUT2D eigenvalue weighted by atomic mass is 32.2. The van der Waals surface area contributed by atoms with Crippen LogP contribution in [-0.2, 0) is 10.0 Å². The second-order valence-corrected chi connectivity index (χ2v) is 8.85. The summed E-state index contributed by atoms with van der Waals surface area (Å²) in [6.07, 6.45) is 2.57. The SMILES string of the molecule is CC(Sc1ncnc2ccccc12)C(=O)c1ccc(NS(C)(=O)=O)cc1. The molecule has 0 aliphatic rings. The van der Waals surface area contributed by atoms with Crippen molar-refractivity contribution in [2.24, 2.45) is 0 Å². The summed E-state index contributed by atoms with van der Waals surface area (Å²) in [7, 11) is -3.34. The van der Waals surface area contributed by atoms with Gasteiger partial charge < -0.3 is 0 Å². The third kappa shape index (κ3) is 4.39. The van der Waals surface area contributed by atoms with Crippen LogP contribution in [-0.4, -0.2) is 35.7 Å². The van der Waals surface area contributed by atoms with Crippen molar-refractivity contribution in [1.29, 1.82) is 0 Å². The van der Waals surface area contributed by atoms with Gasteiger partial charge in [-0.25, -0.2) is 18.4 Å². The third-order valence-corrected chi connectivity index (χ3v) is 5.36. The summed E-state index contributed by atoms with van der Waals surface area (Å²) in [5.41, 5.74) is 1.77. The lowest BCUT2D eigenvalue weighted by molar-refractivity contribution is 0.0994. The Morgan fingerprint density at radius 3 is 2.46 bits per heavy atom. The number of hydrogen-bond acceptors (Lipinski definition) is 6. The second kappa shape index (κ2) is 7.43. The van der Waals surface area contributed by atoms with Crippen LogP contribution in [0.15, 0.2) is 59.9 Å². The molecule has 1 N–H and O–H groups in total. The Morgan fingerprint density at radius 1 is 1.08 bits per heavy atom. The number of carbonyl (C=O) groups is 1. The Morgan fingerprint density at radius 2 is 1.77 bits per heavy atom. The number of thioether (sulfide) groups is 1. The van der Waals surface area contributed by atoms with E-state index in [-0.39, 0.29) is 11.0 Å². The van der Waals surface area contributed by atoms with Crippen LogP contribution in [0.25, 0.3) is 10.9 Å². The van der Waals surface area contributed by atoms with Crippen LogP contribution in [0.3, 0.4) is 0 Å². The van der Waals surface area contributed by atoms with Crippen molar-refractivity contribution in [2.45, 2.75) is 17.2 Å². The number of benzene rings is 2. The summed E-state index contributed by atoms with van der Waals surface area (Å²) in [5, 5.41) is 1.32. The van der Waals surface area contributed by atoms with E-state index in [4.69, 9.17) is 0 Å². The van der Waals surface area contributed by atoms with Gasteiger partial charge in [-0.3, -0.25) is 9.52 Å². The summed E-state index contributed by atoms with van der Waals surface area (Å²) >= 11 is 1.38. The molecule has 1 heterocycles. The molecule has 0 fully saturated rings. The molecule has 1 atom stereocenters. The number of fused-ring (bicyclic) bond motifs is 1. The summed E-state index contributed by atoms with van der Waals surface area (Å²) in [5.74, 6) is -0.0522. The molecule has 26 heavy (non-hydrogen) atoms. The Hall–Kier alpha value is -2.45. The van der Waals surface area contributed by atoms with Crippen LogP contribution in [0.1, 0.15) is 17.3 Å². The highest BCUT2D eigenvalue weighted by Crippen LogP contribution is 2.29. The zero-order chi connectivity index (χ0) is 18.7. The first-order valence-corrected chi connectivity index (χ1v) is 10.6. The molecule has 3 aromatic rings. The zero-order valence-corrected chi connectivity index (χ0v) is 15.8. The third-order valence-electron chi connectivity index (χ3n) is 3.64. The van der Waals surface area contributed by atoms with Gasteiger partial charge in [-0.1, -0.05) is 30.0 Å². The average Bonchev–Trinajstić information content (AvgIpc) is 2.61. The first-order valence-electron chi connectivity index (χ1n) is 7.82. The van der Waals surface area contributed by atoms with Gasteiger partial charge in [0.25, 0.3) is 0 Å². The highest BCUT2D eigenvalue weighted by molar-refractivity contribution is 8.00. The Kier molecular flexibility index (Phi) is 5.24. The molecule has 2 aromatic carbocycles. The van der Waals surface area contributed by atoms with Crippen molar-refractivity contribution < 1.29 is 13.2 Å². The van der Waals surface area contributed by atoms with Gasteiger partial charge in [0.1, 0.15) is 11.4 Å². The summed E-state index contributed by atoms with van der Waals surface area (Å²) in [4.78, 5) is 21.2. The van der Waals surface area contributed by atoms with Gasteiger partial charge in [0.05, 0.1) is 17.0 Å². The minimum atomic E-state index is -3.34. The number of sulfonamides is 1. The molecule has 3 rings (SSSR count). The van der Waals surface area contributed by atoms with Gasteiger partial charge in [-0.05, 0) is 37.3 Å². The van der Waals surface area contributed by atoms with E-state index in [1.165, 1.54) is 18.1 Å². The van der Waals surface area contributed by atoms with Crippen LogP contribution in [0.4, 0.5) is 5.69 Å². The molecular weight excluding hydrogens is 370 g/mol. The van der Waals surface area contributed by atoms with Gasteiger partial charge >= 0.3 is 0 Å². The van der Waals surface area contributed by atoms with Crippen LogP contribution < -0.4 is 4.72 Å². The van der Waals surface area contributed by atoms with E-state index in [9.17, 15) is 13.2 Å². The molecule has 0 radical (unpaired) electrons. The topological polar surface area (TPSA) is 89.0 Å². The van der Waals surface area contributed by atoms with E-state index < -0.39 is 10.0 Å². The fourth-order valence-electron chi connectivity index (χ4n) is 2.45. The van der Waals surface area contributed by atoms with Gasteiger partial charge in [-0.15, -0.1) is 0 Å². The lowest BCUT2D eigenvalue weighted by Gasteiger charge is -2.12. The van der Waals surface area contributed by atoms with E-state index in [1.54, 1.807) is 24.3 Å². The number of nitrogens with zero attached hydrogens (tertiary/aromatic N) is 2. The van der Waals surface area contributed by atoms with Crippen molar-refractivity contribution in [3.05, 3.63) is 60.4 Å². The van der Waals surface area contributed by atoms with Crippen LogP contribution in [0.2, 0.25) is 0 Å². The number of Topliss-reactive ketones (excluding diaryl/α,β-unsaturated/α-hetero) is 1. The molecule has 6 nitrogen and oxygen atoms in total. The summed E-state index contributed by atoms with van der Waals surface area (Å²) < 4.78 is 24.9. The number of para-hydroxylation sites is 1. The van der Waals surface area contributed by atoms with Crippen LogP contribution in [0, 0.1) is 0 Å². The quantitative estimate of drug-likeness (QED) is 0.396. The molecule has 0 aliphatic carbocycles. The highest BCUT2D eigenvalue weighted by Gasteiger charge is 2.18. The maximum Gasteiger partial charge on any atom is 0.229 e. The number of carbonyl (C=O) groups excluding carboxylic acids is 1. The fourth-order valence-corrected chi connectivity index (χ4v) is 4.00. The van der Waals surface area contributed by atoms with Crippen molar-refractivity contribution in [2.75, 3.05) is 11.0 Å². The molecule has 0 saturated heterocycles. The summed E-state index contributed by atoms with van der Waals surface area (Å²) in [6, 6.07) is 14.0. The lowest BCUT2D eigenvalue weighted by Crippen LogP contribution is -2.14. The molecule has 134 valence electrons. The number of aromatic nitrogens is 2. The second-order valence-electron chi connectivity index (χ2n) is 5.77. The lowest BCUT2D eigenvalue weighted by atomic mass is 10.1. The molecule has 8 heteroatoms. The predicted molar refractivity (Wildman–Crippen MR) is 104 cm³/mol. The maximum atomic E-state index is 12.7. The minimum Gasteiger partial charge on any atom is -0.293 e. The molecule has 0 spiro atoms. The van der Waals surface area contributed by atoms with Gasteiger partial charge in [0.15, 0.2) is 5.78 Å². The normalized spacial score (nSPS) is 12.7. The monoisotopic (exact) mass is 387 g/mol. The molecule has 0 amide bonds. The fraction of sp³-hybridized carbons (Fsp3) is 0.167. The average molecular weight is 387 g/mol. The predicted octanol–water partition coefficient (Wildman–Crippen LogP) is 3.36. The zero-order valence-electron chi connectivity index (χ0n) is 14.2. The Labute approximate surface area is 156 Å².